The number of ether oxygens (including phenoxy) is 2. The lowest BCUT2D eigenvalue weighted by molar-refractivity contribution is -0.210. The molecular weight excluding hydrogens is 243 g/mol. The van der Waals surface area contributed by atoms with Gasteiger partial charge in [-0.15, -0.1) is 0 Å². The van der Waals surface area contributed by atoms with Gasteiger partial charge in [-0.25, -0.2) is 0 Å². The Morgan fingerprint density at radius 3 is 2.73 bits per heavy atom. The van der Waals surface area contributed by atoms with Crippen LogP contribution in [0.25, 0.3) is 0 Å². The molecule has 0 aromatic rings. The summed E-state index contributed by atoms with van der Waals surface area (Å²) in [4.78, 5) is 11.4. The fourth-order valence-corrected chi connectivity index (χ4v) is 2.67. The molecule has 0 amide bonds. The first-order valence-electron chi connectivity index (χ1n) is 4.50. The lowest BCUT2D eigenvalue weighted by atomic mass is 10.1. The standard InChI is InChI=1S/C7H13O6PS/c1-10-14(9,15)13-5-3-12-6-4(8)2-11-7(5)6/h4-8H,2-3H2,1H3,(H,9,15)/p-1/t4-,5+,6+,7+,14?/m0/s1. The van der Waals surface area contributed by atoms with E-state index in [1.165, 1.54) is 7.11 Å². The maximum atomic E-state index is 11.4. The largest absolute Gasteiger partial charge is 0.780 e. The Labute approximate surface area is 92.3 Å². The molecule has 0 saturated carbocycles. The van der Waals surface area contributed by atoms with E-state index in [0.717, 1.165) is 0 Å². The molecular formula is C7H12O6PS-. The molecule has 0 aromatic heterocycles. The molecule has 1 unspecified atom stereocenters. The van der Waals surface area contributed by atoms with Crippen molar-refractivity contribution in [2.45, 2.75) is 24.4 Å². The van der Waals surface area contributed by atoms with Crippen molar-refractivity contribution in [2.24, 2.45) is 0 Å². The van der Waals surface area contributed by atoms with Crippen LogP contribution in [0.5, 0.6) is 0 Å². The number of aliphatic hydroxyl groups excluding tert-OH is 1. The summed E-state index contributed by atoms with van der Waals surface area (Å²) >= 11 is 4.61. The summed E-state index contributed by atoms with van der Waals surface area (Å²) in [5, 5.41) is 9.44. The van der Waals surface area contributed by atoms with E-state index >= 15 is 0 Å². The third-order valence-corrected chi connectivity index (χ3v) is 4.15. The highest BCUT2D eigenvalue weighted by molar-refractivity contribution is 8.06. The Morgan fingerprint density at radius 1 is 1.40 bits per heavy atom. The second-order valence-electron chi connectivity index (χ2n) is 3.44. The van der Waals surface area contributed by atoms with Crippen molar-refractivity contribution in [3.05, 3.63) is 0 Å². The van der Waals surface area contributed by atoms with Crippen LogP contribution in [0.3, 0.4) is 0 Å². The number of fused-ring (bicyclic) bond motifs is 1. The van der Waals surface area contributed by atoms with Gasteiger partial charge in [0.05, 0.1) is 13.2 Å². The van der Waals surface area contributed by atoms with Gasteiger partial charge in [-0.05, 0) is 0 Å². The maximum absolute atomic E-state index is 11.4. The van der Waals surface area contributed by atoms with Crippen LogP contribution >= 0.6 is 6.72 Å². The first-order chi connectivity index (χ1) is 7.03. The van der Waals surface area contributed by atoms with E-state index in [4.69, 9.17) is 14.0 Å². The predicted molar refractivity (Wildman–Crippen MR) is 51.7 cm³/mol. The van der Waals surface area contributed by atoms with Gasteiger partial charge in [0.1, 0.15) is 31.1 Å². The first-order valence-corrected chi connectivity index (χ1v) is 7.05. The average Bonchev–Trinajstić information content (AvgIpc) is 2.72. The van der Waals surface area contributed by atoms with Gasteiger partial charge in [-0.1, -0.05) is 11.8 Å². The van der Waals surface area contributed by atoms with E-state index < -0.39 is 31.1 Å². The molecule has 0 aromatic carbocycles. The molecule has 2 heterocycles. The molecule has 2 aliphatic heterocycles. The summed E-state index contributed by atoms with van der Waals surface area (Å²) in [6, 6.07) is 0. The van der Waals surface area contributed by atoms with Gasteiger partial charge >= 0.3 is 0 Å². The van der Waals surface area contributed by atoms with Gasteiger partial charge in [0.15, 0.2) is 0 Å². The predicted octanol–water partition coefficient (Wildman–Crippen LogP) is -1.24. The summed E-state index contributed by atoms with van der Waals surface area (Å²) in [5.41, 5.74) is 0. The SMILES string of the molecule is COP([O-])(=S)O[C@@H]1CO[C@H]2[C@@H]1OC[C@@H]2O. The van der Waals surface area contributed by atoms with Crippen molar-refractivity contribution >= 4 is 18.5 Å². The molecule has 0 aliphatic carbocycles. The molecule has 6 nitrogen and oxygen atoms in total. The number of hydrogen-bond acceptors (Lipinski definition) is 7. The number of rotatable bonds is 3. The van der Waals surface area contributed by atoms with Crippen molar-refractivity contribution in [2.75, 3.05) is 20.3 Å². The van der Waals surface area contributed by atoms with Gasteiger partial charge in [-0.3, -0.25) is 0 Å². The van der Waals surface area contributed by atoms with Crippen molar-refractivity contribution < 1.29 is 28.5 Å². The Bertz CT molecular complexity index is 287. The smallest absolute Gasteiger partial charge is 0.116 e. The van der Waals surface area contributed by atoms with Crippen LogP contribution < -0.4 is 4.89 Å². The van der Waals surface area contributed by atoms with Crippen LogP contribution in [-0.4, -0.2) is 49.8 Å². The molecule has 8 heteroatoms. The van der Waals surface area contributed by atoms with Crippen molar-refractivity contribution in [3.8, 4) is 0 Å². The molecule has 15 heavy (non-hydrogen) atoms. The summed E-state index contributed by atoms with van der Waals surface area (Å²) in [6.07, 6.45) is -2.01. The number of hydrogen-bond donors (Lipinski definition) is 1. The Kier molecular flexibility index (Phi) is 3.45. The molecule has 0 radical (unpaired) electrons. The van der Waals surface area contributed by atoms with Gasteiger partial charge in [-0.2, -0.15) is 0 Å². The van der Waals surface area contributed by atoms with Crippen molar-refractivity contribution in [1.82, 2.24) is 0 Å². The second kappa shape index (κ2) is 4.35. The highest BCUT2D eigenvalue weighted by Gasteiger charge is 2.48. The zero-order valence-electron chi connectivity index (χ0n) is 8.07. The molecule has 0 bridgehead atoms. The Hall–Kier alpha value is 0.410. The van der Waals surface area contributed by atoms with Gasteiger partial charge in [0.2, 0.25) is 0 Å². The van der Waals surface area contributed by atoms with Crippen LogP contribution in [0.1, 0.15) is 0 Å². The highest BCUT2D eigenvalue weighted by atomic mass is 32.5. The quantitative estimate of drug-likeness (QED) is 0.632. The van der Waals surface area contributed by atoms with Gasteiger partial charge in [0.25, 0.3) is 0 Å². The zero-order chi connectivity index (χ0) is 11.1. The third kappa shape index (κ3) is 2.40. The van der Waals surface area contributed by atoms with E-state index in [2.05, 4.69) is 16.3 Å². The third-order valence-electron chi connectivity index (χ3n) is 2.47. The van der Waals surface area contributed by atoms with Crippen LogP contribution in [0, 0.1) is 0 Å². The second-order valence-corrected chi connectivity index (χ2v) is 6.25. The normalized spacial score (nSPS) is 43.9. The van der Waals surface area contributed by atoms with E-state index in [1.807, 2.05) is 0 Å². The average molecular weight is 255 g/mol. The lowest BCUT2D eigenvalue weighted by Crippen LogP contribution is -2.33. The van der Waals surface area contributed by atoms with E-state index in [9.17, 15) is 10.00 Å². The number of aliphatic hydroxyl groups is 1. The Balaban J connectivity index is 1.98. The molecule has 0 spiro atoms. The fourth-order valence-electron chi connectivity index (χ4n) is 1.74. The lowest BCUT2D eigenvalue weighted by Gasteiger charge is -2.29. The monoisotopic (exact) mass is 255 g/mol. The molecule has 2 saturated heterocycles. The van der Waals surface area contributed by atoms with Crippen LogP contribution in [-0.2, 0) is 30.3 Å². The summed E-state index contributed by atoms with van der Waals surface area (Å²) < 4.78 is 20.2. The minimum atomic E-state index is -3.45. The molecule has 1 N–H and O–H groups in total. The summed E-state index contributed by atoms with van der Waals surface area (Å²) in [5.74, 6) is 0. The fraction of sp³-hybridized carbons (Fsp3) is 1.00. The molecule has 5 atom stereocenters. The van der Waals surface area contributed by atoms with Gasteiger partial charge < -0.3 is 28.5 Å². The molecule has 2 fully saturated rings. The van der Waals surface area contributed by atoms with Crippen molar-refractivity contribution in [1.29, 1.82) is 0 Å². The van der Waals surface area contributed by atoms with Crippen molar-refractivity contribution in [3.63, 3.8) is 0 Å². The van der Waals surface area contributed by atoms with Crippen LogP contribution in [0.4, 0.5) is 0 Å². The van der Waals surface area contributed by atoms with Crippen LogP contribution in [0.15, 0.2) is 0 Å². The van der Waals surface area contributed by atoms with Gasteiger partial charge in [0, 0.05) is 7.11 Å². The summed E-state index contributed by atoms with van der Waals surface area (Å²) in [7, 11) is 1.23. The maximum Gasteiger partial charge on any atom is 0.116 e. The zero-order valence-corrected chi connectivity index (χ0v) is 9.78. The Morgan fingerprint density at radius 2 is 2.07 bits per heavy atom. The molecule has 88 valence electrons. The molecule has 2 rings (SSSR count). The van der Waals surface area contributed by atoms with Crippen LogP contribution in [0.2, 0.25) is 0 Å². The minimum absolute atomic E-state index is 0.198. The highest BCUT2D eigenvalue weighted by Crippen LogP contribution is 2.43. The summed E-state index contributed by atoms with van der Waals surface area (Å²) in [6.45, 7) is -3.05. The topological polar surface area (TPSA) is 80.2 Å². The van der Waals surface area contributed by atoms with E-state index in [-0.39, 0.29) is 13.2 Å². The first kappa shape index (κ1) is 11.9. The minimum Gasteiger partial charge on any atom is -0.780 e. The van der Waals surface area contributed by atoms with E-state index in [0.29, 0.717) is 0 Å². The van der Waals surface area contributed by atoms with E-state index in [1.54, 1.807) is 0 Å². The molecule has 2 aliphatic rings.